The van der Waals surface area contributed by atoms with Gasteiger partial charge in [-0.05, 0) is 43.2 Å². The lowest BCUT2D eigenvalue weighted by Crippen LogP contribution is -2.13. The predicted molar refractivity (Wildman–Crippen MR) is 106 cm³/mol. The number of halogens is 1. The molecule has 2 aromatic carbocycles. The number of hydrogen-bond acceptors (Lipinski definition) is 3. The van der Waals surface area contributed by atoms with Gasteiger partial charge in [0.2, 0.25) is 0 Å². The molecule has 5 nitrogen and oxygen atoms in total. The highest BCUT2D eigenvalue weighted by molar-refractivity contribution is 9.10. The Labute approximate surface area is 161 Å². The molecule has 0 fully saturated rings. The van der Waals surface area contributed by atoms with E-state index in [1.165, 1.54) is 0 Å². The summed E-state index contributed by atoms with van der Waals surface area (Å²) >= 11 is 3.32. The van der Waals surface area contributed by atoms with E-state index in [9.17, 15) is 8.42 Å². The van der Waals surface area contributed by atoms with Crippen molar-refractivity contribution in [2.75, 3.05) is 4.72 Å². The number of hydrogen-bond donors (Lipinski definition) is 1. The van der Waals surface area contributed by atoms with Crippen molar-refractivity contribution in [2.45, 2.75) is 30.7 Å². The van der Waals surface area contributed by atoms with E-state index in [0.717, 1.165) is 47.4 Å². The van der Waals surface area contributed by atoms with Gasteiger partial charge in [0.1, 0.15) is 5.82 Å². The molecule has 0 bridgehead atoms. The molecular weight excluding hydrogens is 414 g/mol. The summed E-state index contributed by atoms with van der Waals surface area (Å²) in [4.78, 5) is 4.94. The van der Waals surface area contributed by atoms with E-state index in [1.54, 1.807) is 30.3 Å². The second-order valence-corrected chi connectivity index (χ2v) is 8.90. The van der Waals surface area contributed by atoms with Crippen molar-refractivity contribution in [3.05, 3.63) is 65.0 Å². The summed E-state index contributed by atoms with van der Waals surface area (Å²) in [5.74, 6) is 1.07. The first-order valence-electron chi connectivity index (χ1n) is 8.47. The number of benzene rings is 2. The third kappa shape index (κ3) is 3.41. The molecule has 4 rings (SSSR count). The summed E-state index contributed by atoms with van der Waals surface area (Å²) in [6.07, 6.45) is 5.28. The second-order valence-electron chi connectivity index (χ2n) is 6.30. The number of nitrogens with one attached hydrogen (secondary N) is 1. The van der Waals surface area contributed by atoms with Crippen LogP contribution in [0, 0.1) is 0 Å². The number of rotatable bonds is 4. The maximum absolute atomic E-state index is 12.7. The quantitative estimate of drug-likeness (QED) is 0.663. The second kappa shape index (κ2) is 6.89. The molecule has 0 amide bonds. The van der Waals surface area contributed by atoms with Crippen molar-refractivity contribution in [1.29, 1.82) is 0 Å². The lowest BCUT2D eigenvalue weighted by Gasteiger charge is -2.12. The molecule has 134 valence electrons. The fraction of sp³-hybridized carbons (Fsp3) is 0.211. The van der Waals surface area contributed by atoms with Gasteiger partial charge in [0.25, 0.3) is 10.0 Å². The van der Waals surface area contributed by atoms with Gasteiger partial charge in [0.05, 0.1) is 16.3 Å². The Morgan fingerprint density at radius 2 is 1.81 bits per heavy atom. The molecule has 3 aromatic rings. The lowest BCUT2D eigenvalue weighted by molar-refractivity contribution is 0.522. The van der Waals surface area contributed by atoms with Gasteiger partial charge in [-0.15, -0.1) is 0 Å². The molecule has 1 N–H and O–H groups in total. The lowest BCUT2D eigenvalue weighted by atomic mass is 10.1. The zero-order chi connectivity index (χ0) is 18.1. The maximum atomic E-state index is 12.7. The van der Waals surface area contributed by atoms with Crippen LogP contribution in [0.5, 0.6) is 0 Å². The molecule has 1 aliphatic heterocycles. The van der Waals surface area contributed by atoms with Crippen LogP contribution in [-0.2, 0) is 23.0 Å². The number of para-hydroxylation sites is 1. The molecule has 1 aliphatic rings. The maximum Gasteiger partial charge on any atom is 0.261 e. The van der Waals surface area contributed by atoms with E-state index >= 15 is 0 Å². The van der Waals surface area contributed by atoms with E-state index < -0.39 is 10.0 Å². The Hall–Kier alpha value is -2.12. The predicted octanol–water partition coefficient (Wildman–Crippen LogP) is 4.45. The van der Waals surface area contributed by atoms with Gasteiger partial charge in [0, 0.05) is 29.2 Å². The Kier molecular flexibility index (Phi) is 4.58. The van der Waals surface area contributed by atoms with Crippen LogP contribution < -0.4 is 4.72 Å². The molecule has 0 saturated heterocycles. The minimum absolute atomic E-state index is 0.222. The fourth-order valence-electron chi connectivity index (χ4n) is 3.16. The van der Waals surface area contributed by atoms with Gasteiger partial charge < -0.3 is 4.57 Å². The summed E-state index contributed by atoms with van der Waals surface area (Å²) in [6.45, 7) is 0.967. The first-order chi connectivity index (χ1) is 12.5. The van der Waals surface area contributed by atoms with E-state index in [2.05, 4.69) is 25.2 Å². The van der Waals surface area contributed by atoms with Crippen molar-refractivity contribution in [1.82, 2.24) is 9.55 Å². The third-order valence-corrected chi connectivity index (χ3v) is 6.39. The van der Waals surface area contributed by atoms with E-state index in [-0.39, 0.29) is 4.90 Å². The van der Waals surface area contributed by atoms with Gasteiger partial charge in [-0.3, -0.25) is 4.72 Å². The van der Waals surface area contributed by atoms with Crippen LogP contribution in [-0.4, -0.2) is 18.0 Å². The summed E-state index contributed by atoms with van der Waals surface area (Å²) in [5, 5.41) is 0. The third-order valence-electron chi connectivity index (χ3n) is 4.48. The van der Waals surface area contributed by atoms with Crippen molar-refractivity contribution in [2.24, 2.45) is 0 Å². The minimum Gasteiger partial charge on any atom is -0.334 e. The highest BCUT2D eigenvalue weighted by Crippen LogP contribution is 2.30. The van der Waals surface area contributed by atoms with Crippen LogP contribution in [0.25, 0.3) is 11.3 Å². The number of imidazole rings is 1. The SMILES string of the molecule is O=S(=O)(Nc1ccccc1-c1cn2c(n1)CCCC2)c1ccc(Br)cc1. The molecule has 7 heteroatoms. The minimum atomic E-state index is -3.67. The van der Waals surface area contributed by atoms with E-state index in [4.69, 9.17) is 4.98 Å². The average molecular weight is 432 g/mol. The highest BCUT2D eigenvalue weighted by atomic mass is 79.9. The molecule has 0 unspecified atom stereocenters. The number of sulfonamides is 1. The van der Waals surface area contributed by atoms with Gasteiger partial charge in [0.15, 0.2) is 0 Å². The number of nitrogens with zero attached hydrogens (tertiary/aromatic N) is 2. The van der Waals surface area contributed by atoms with Crippen LogP contribution in [0.4, 0.5) is 5.69 Å². The molecule has 1 aromatic heterocycles. The zero-order valence-electron chi connectivity index (χ0n) is 14.0. The van der Waals surface area contributed by atoms with Gasteiger partial charge >= 0.3 is 0 Å². The van der Waals surface area contributed by atoms with Crippen molar-refractivity contribution in [3.8, 4) is 11.3 Å². The summed E-state index contributed by atoms with van der Waals surface area (Å²) in [7, 11) is -3.67. The number of fused-ring (bicyclic) bond motifs is 1. The first-order valence-corrected chi connectivity index (χ1v) is 10.7. The zero-order valence-corrected chi connectivity index (χ0v) is 16.4. The van der Waals surface area contributed by atoms with Crippen molar-refractivity contribution < 1.29 is 8.42 Å². The standard InChI is InChI=1S/C19H18BrN3O2S/c20-14-8-10-15(11-9-14)26(24,25)22-17-6-2-1-5-16(17)18-13-23-12-4-3-7-19(23)21-18/h1-2,5-6,8-11,13,22H,3-4,7,12H2. The normalized spacial score (nSPS) is 14.0. The number of aromatic nitrogens is 2. The molecule has 0 spiro atoms. The summed E-state index contributed by atoms with van der Waals surface area (Å²) < 4.78 is 31.2. The van der Waals surface area contributed by atoms with Crippen molar-refractivity contribution >= 4 is 31.6 Å². The molecular formula is C19H18BrN3O2S. The Bertz CT molecular complexity index is 1020. The largest absolute Gasteiger partial charge is 0.334 e. The molecule has 2 heterocycles. The molecule has 0 aliphatic carbocycles. The Morgan fingerprint density at radius 1 is 1.04 bits per heavy atom. The number of anilines is 1. The van der Waals surface area contributed by atoms with Crippen LogP contribution >= 0.6 is 15.9 Å². The average Bonchev–Trinajstić information content (AvgIpc) is 3.06. The van der Waals surface area contributed by atoms with Crippen LogP contribution in [0.2, 0.25) is 0 Å². The fourth-order valence-corrected chi connectivity index (χ4v) is 4.50. The number of aryl methyl sites for hydroxylation is 2. The topological polar surface area (TPSA) is 64.0 Å². The van der Waals surface area contributed by atoms with Crippen molar-refractivity contribution in [3.63, 3.8) is 0 Å². The van der Waals surface area contributed by atoms with Gasteiger partial charge in [-0.25, -0.2) is 13.4 Å². The smallest absolute Gasteiger partial charge is 0.261 e. The molecule has 0 atom stereocenters. The van der Waals surface area contributed by atoms with Crippen LogP contribution in [0.3, 0.4) is 0 Å². The van der Waals surface area contributed by atoms with E-state index in [0.29, 0.717) is 5.69 Å². The summed E-state index contributed by atoms with van der Waals surface area (Å²) in [5.41, 5.74) is 2.12. The van der Waals surface area contributed by atoms with Gasteiger partial charge in [-0.1, -0.05) is 34.1 Å². The van der Waals surface area contributed by atoms with Crippen LogP contribution in [0.1, 0.15) is 18.7 Å². The van der Waals surface area contributed by atoms with Crippen LogP contribution in [0.15, 0.2) is 64.1 Å². The molecule has 0 saturated carbocycles. The Morgan fingerprint density at radius 3 is 2.58 bits per heavy atom. The molecule has 0 radical (unpaired) electrons. The monoisotopic (exact) mass is 431 g/mol. The Balaban J connectivity index is 1.70. The van der Waals surface area contributed by atoms with Gasteiger partial charge in [-0.2, -0.15) is 0 Å². The first kappa shape index (κ1) is 17.3. The summed E-state index contributed by atoms with van der Waals surface area (Å²) in [6, 6.07) is 13.9. The molecule has 26 heavy (non-hydrogen) atoms. The van der Waals surface area contributed by atoms with E-state index in [1.807, 2.05) is 24.4 Å². The highest BCUT2D eigenvalue weighted by Gasteiger charge is 2.19.